The first kappa shape index (κ1) is 12.8. The fourth-order valence-electron chi connectivity index (χ4n) is 2.27. The molecular formula is C15H21N3. The van der Waals surface area contributed by atoms with Crippen LogP contribution in [0.25, 0.3) is 0 Å². The summed E-state index contributed by atoms with van der Waals surface area (Å²) in [6.45, 7) is 5.33. The molecule has 3 heteroatoms. The van der Waals surface area contributed by atoms with Gasteiger partial charge in [0.25, 0.3) is 0 Å². The molecule has 1 aromatic carbocycles. The number of nitrogens with one attached hydrogen (secondary N) is 1. The minimum Gasteiger partial charge on any atom is -0.338 e. The van der Waals surface area contributed by atoms with E-state index in [2.05, 4.69) is 53.0 Å². The lowest BCUT2D eigenvalue weighted by atomic mass is 9.99. The van der Waals surface area contributed by atoms with Gasteiger partial charge in [-0.3, -0.25) is 0 Å². The third-order valence-electron chi connectivity index (χ3n) is 3.30. The second-order valence-electron chi connectivity index (χ2n) is 4.61. The van der Waals surface area contributed by atoms with Gasteiger partial charge in [0.2, 0.25) is 0 Å². The summed E-state index contributed by atoms with van der Waals surface area (Å²) in [5.41, 5.74) is 2.71. The SMILES string of the molecule is CCNC(C)c1ccccc1Cc1nccn1C. The van der Waals surface area contributed by atoms with Crippen LogP contribution in [0.4, 0.5) is 0 Å². The van der Waals surface area contributed by atoms with Gasteiger partial charge in [-0.1, -0.05) is 31.2 Å². The van der Waals surface area contributed by atoms with Crippen LogP contribution in [0.1, 0.15) is 36.8 Å². The average molecular weight is 243 g/mol. The van der Waals surface area contributed by atoms with Crippen LogP contribution >= 0.6 is 0 Å². The Morgan fingerprint density at radius 3 is 2.78 bits per heavy atom. The molecule has 1 heterocycles. The molecule has 1 atom stereocenters. The molecule has 0 radical (unpaired) electrons. The lowest BCUT2D eigenvalue weighted by Crippen LogP contribution is -2.19. The molecule has 3 nitrogen and oxygen atoms in total. The van der Waals surface area contributed by atoms with Gasteiger partial charge in [0.05, 0.1) is 0 Å². The van der Waals surface area contributed by atoms with Crippen molar-refractivity contribution in [3.05, 3.63) is 53.6 Å². The van der Waals surface area contributed by atoms with Crippen LogP contribution < -0.4 is 5.32 Å². The molecule has 2 rings (SSSR count). The molecule has 0 aliphatic heterocycles. The number of hydrogen-bond donors (Lipinski definition) is 1. The van der Waals surface area contributed by atoms with E-state index in [1.165, 1.54) is 11.1 Å². The van der Waals surface area contributed by atoms with Crippen molar-refractivity contribution in [2.75, 3.05) is 6.54 Å². The third-order valence-corrected chi connectivity index (χ3v) is 3.30. The third kappa shape index (κ3) is 2.79. The highest BCUT2D eigenvalue weighted by Crippen LogP contribution is 2.20. The van der Waals surface area contributed by atoms with Crippen molar-refractivity contribution in [2.24, 2.45) is 7.05 Å². The maximum atomic E-state index is 4.40. The van der Waals surface area contributed by atoms with Crippen LogP contribution in [0.3, 0.4) is 0 Å². The number of aromatic nitrogens is 2. The molecule has 0 spiro atoms. The predicted octanol–water partition coefficient (Wildman–Crippen LogP) is 2.68. The zero-order chi connectivity index (χ0) is 13.0. The van der Waals surface area contributed by atoms with Crippen molar-refractivity contribution in [1.82, 2.24) is 14.9 Å². The number of nitrogens with zero attached hydrogens (tertiary/aromatic N) is 2. The summed E-state index contributed by atoms with van der Waals surface area (Å²) in [6, 6.07) is 8.97. The van der Waals surface area contributed by atoms with Gasteiger partial charge in [0, 0.05) is 31.9 Å². The van der Waals surface area contributed by atoms with Crippen molar-refractivity contribution < 1.29 is 0 Å². The van der Waals surface area contributed by atoms with Crippen LogP contribution in [-0.2, 0) is 13.5 Å². The first-order valence-corrected chi connectivity index (χ1v) is 6.49. The van der Waals surface area contributed by atoms with Gasteiger partial charge < -0.3 is 9.88 Å². The van der Waals surface area contributed by atoms with Crippen molar-refractivity contribution in [1.29, 1.82) is 0 Å². The number of imidazole rings is 1. The Morgan fingerprint density at radius 2 is 2.11 bits per heavy atom. The Labute approximate surface area is 109 Å². The quantitative estimate of drug-likeness (QED) is 0.875. The molecular weight excluding hydrogens is 222 g/mol. The van der Waals surface area contributed by atoms with Gasteiger partial charge >= 0.3 is 0 Å². The normalized spacial score (nSPS) is 12.6. The number of rotatable bonds is 5. The highest BCUT2D eigenvalue weighted by Gasteiger charge is 2.10. The van der Waals surface area contributed by atoms with Gasteiger partial charge in [-0.2, -0.15) is 0 Å². The van der Waals surface area contributed by atoms with E-state index >= 15 is 0 Å². The van der Waals surface area contributed by atoms with Gasteiger partial charge in [-0.15, -0.1) is 0 Å². The van der Waals surface area contributed by atoms with Gasteiger partial charge in [-0.05, 0) is 24.6 Å². The Kier molecular flexibility index (Phi) is 4.15. The van der Waals surface area contributed by atoms with Crippen LogP contribution in [0.15, 0.2) is 36.7 Å². The first-order valence-electron chi connectivity index (χ1n) is 6.49. The fraction of sp³-hybridized carbons (Fsp3) is 0.400. The van der Waals surface area contributed by atoms with Crippen LogP contribution in [-0.4, -0.2) is 16.1 Å². The smallest absolute Gasteiger partial charge is 0.112 e. The zero-order valence-corrected chi connectivity index (χ0v) is 11.4. The lowest BCUT2D eigenvalue weighted by Gasteiger charge is -2.17. The highest BCUT2D eigenvalue weighted by atomic mass is 15.0. The molecule has 0 bridgehead atoms. The maximum Gasteiger partial charge on any atom is 0.112 e. The summed E-state index contributed by atoms with van der Waals surface area (Å²) < 4.78 is 2.08. The second kappa shape index (κ2) is 5.83. The molecule has 0 amide bonds. The monoisotopic (exact) mass is 243 g/mol. The van der Waals surface area contributed by atoms with Crippen molar-refractivity contribution in [2.45, 2.75) is 26.3 Å². The predicted molar refractivity (Wildman–Crippen MR) is 74.5 cm³/mol. The molecule has 0 saturated carbocycles. The van der Waals surface area contributed by atoms with Crippen molar-refractivity contribution >= 4 is 0 Å². The maximum absolute atomic E-state index is 4.40. The minimum absolute atomic E-state index is 0.381. The first-order chi connectivity index (χ1) is 8.72. The Balaban J connectivity index is 2.25. The largest absolute Gasteiger partial charge is 0.338 e. The van der Waals surface area contributed by atoms with Gasteiger partial charge in [0.15, 0.2) is 0 Å². The second-order valence-corrected chi connectivity index (χ2v) is 4.61. The molecule has 0 aliphatic carbocycles. The molecule has 0 fully saturated rings. The fourth-order valence-corrected chi connectivity index (χ4v) is 2.27. The number of aryl methyl sites for hydroxylation is 1. The molecule has 0 aliphatic rings. The van der Waals surface area contributed by atoms with E-state index in [0.717, 1.165) is 18.8 Å². The Morgan fingerprint density at radius 1 is 1.33 bits per heavy atom. The number of hydrogen-bond acceptors (Lipinski definition) is 2. The van der Waals surface area contributed by atoms with E-state index in [9.17, 15) is 0 Å². The van der Waals surface area contributed by atoms with E-state index in [1.54, 1.807) is 0 Å². The zero-order valence-electron chi connectivity index (χ0n) is 11.4. The van der Waals surface area contributed by atoms with E-state index < -0.39 is 0 Å². The summed E-state index contributed by atoms with van der Waals surface area (Å²) in [5, 5.41) is 3.47. The van der Waals surface area contributed by atoms with Gasteiger partial charge in [-0.25, -0.2) is 4.98 Å². The van der Waals surface area contributed by atoms with E-state index in [4.69, 9.17) is 0 Å². The summed E-state index contributed by atoms with van der Waals surface area (Å²) in [6.07, 6.45) is 4.73. The van der Waals surface area contributed by atoms with Crippen molar-refractivity contribution in [3.8, 4) is 0 Å². The molecule has 1 N–H and O–H groups in total. The molecule has 1 unspecified atom stereocenters. The Bertz CT molecular complexity index is 502. The topological polar surface area (TPSA) is 29.9 Å². The Hall–Kier alpha value is -1.61. The molecule has 2 aromatic rings. The van der Waals surface area contributed by atoms with Crippen LogP contribution in [0.2, 0.25) is 0 Å². The molecule has 18 heavy (non-hydrogen) atoms. The highest BCUT2D eigenvalue weighted by molar-refractivity contribution is 5.32. The van der Waals surface area contributed by atoms with Crippen LogP contribution in [0, 0.1) is 0 Å². The van der Waals surface area contributed by atoms with Crippen molar-refractivity contribution in [3.63, 3.8) is 0 Å². The summed E-state index contributed by atoms with van der Waals surface area (Å²) in [4.78, 5) is 4.40. The minimum atomic E-state index is 0.381. The molecule has 0 saturated heterocycles. The van der Waals surface area contributed by atoms with E-state index in [1.807, 2.05) is 19.4 Å². The summed E-state index contributed by atoms with van der Waals surface area (Å²) >= 11 is 0. The standard InChI is InChI=1S/C15H21N3/c1-4-16-12(2)14-8-6-5-7-13(14)11-15-17-9-10-18(15)3/h5-10,12,16H,4,11H2,1-3H3. The average Bonchev–Trinajstić information content (AvgIpc) is 2.76. The number of benzene rings is 1. The summed E-state index contributed by atoms with van der Waals surface area (Å²) in [7, 11) is 2.04. The lowest BCUT2D eigenvalue weighted by molar-refractivity contribution is 0.593. The van der Waals surface area contributed by atoms with E-state index in [-0.39, 0.29) is 0 Å². The van der Waals surface area contributed by atoms with Gasteiger partial charge in [0.1, 0.15) is 5.82 Å². The molecule has 96 valence electrons. The molecule has 1 aromatic heterocycles. The van der Waals surface area contributed by atoms with Crippen LogP contribution in [0.5, 0.6) is 0 Å². The summed E-state index contributed by atoms with van der Waals surface area (Å²) in [5.74, 6) is 1.10. The van der Waals surface area contributed by atoms with E-state index in [0.29, 0.717) is 6.04 Å².